The van der Waals surface area contributed by atoms with E-state index in [1.54, 1.807) is 0 Å². The van der Waals surface area contributed by atoms with Gasteiger partial charge in [0.15, 0.2) is 0 Å². The molecule has 3 aromatic rings. The van der Waals surface area contributed by atoms with Gasteiger partial charge in [-0.15, -0.1) is 0 Å². The molecule has 0 saturated heterocycles. The molecule has 0 bridgehead atoms. The van der Waals surface area contributed by atoms with Crippen LogP contribution in [0.1, 0.15) is 40.1 Å². The summed E-state index contributed by atoms with van der Waals surface area (Å²) in [6.07, 6.45) is -0.262. The van der Waals surface area contributed by atoms with Gasteiger partial charge in [0.25, 0.3) is 5.91 Å². The van der Waals surface area contributed by atoms with Crippen molar-refractivity contribution in [3.05, 3.63) is 89.0 Å². The molecule has 1 amide bonds. The number of fused-ring (bicyclic) bond motifs is 1. The van der Waals surface area contributed by atoms with Gasteiger partial charge in [-0.1, -0.05) is 30.3 Å². The Morgan fingerprint density at radius 3 is 2.46 bits per heavy atom. The lowest BCUT2D eigenvalue weighted by molar-refractivity contribution is 0.0993. The van der Waals surface area contributed by atoms with Crippen molar-refractivity contribution in [2.24, 2.45) is 0 Å². The molecule has 142 valence electrons. The van der Waals surface area contributed by atoms with E-state index in [-0.39, 0.29) is 12.1 Å². The zero-order valence-corrected chi connectivity index (χ0v) is 16.4. The summed E-state index contributed by atoms with van der Waals surface area (Å²) >= 11 is 0. The molecule has 1 aliphatic heterocycles. The van der Waals surface area contributed by atoms with E-state index in [1.807, 2.05) is 66.4 Å². The summed E-state index contributed by atoms with van der Waals surface area (Å²) in [4.78, 5) is 15.0. The number of nitrogens with one attached hydrogen (secondary N) is 1. The standard InChI is InChI=1S/C24H24N2O2/c1-4-28-19-14-12-18(13-15-19)26-23(20-9-5-6-10-21(20)24(26)27)25-22-11-7-8-16(2)17(22)3/h5-15,23,25H,4H2,1-3H3/t23-/m1/s1. The topological polar surface area (TPSA) is 41.6 Å². The van der Waals surface area contributed by atoms with Crippen LogP contribution in [0, 0.1) is 13.8 Å². The second-order valence-corrected chi connectivity index (χ2v) is 6.98. The summed E-state index contributed by atoms with van der Waals surface area (Å²) in [7, 11) is 0. The molecule has 0 aliphatic carbocycles. The number of rotatable bonds is 5. The molecule has 4 rings (SSSR count). The van der Waals surface area contributed by atoms with Crippen molar-refractivity contribution in [3.63, 3.8) is 0 Å². The largest absolute Gasteiger partial charge is 0.494 e. The second kappa shape index (κ2) is 7.39. The van der Waals surface area contributed by atoms with Gasteiger partial charge in [0.1, 0.15) is 11.9 Å². The van der Waals surface area contributed by atoms with E-state index >= 15 is 0 Å². The normalized spacial score (nSPS) is 15.5. The van der Waals surface area contributed by atoms with Crippen molar-refractivity contribution < 1.29 is 9.53 Å². The fourth-order valence-corrected chi connectivity index (χ4v) is 3.65. The summed E-state index contributed by atoms with van der Waals surface area (Å²) in [6.45, 7) is 6.77. The third kappa shape index (κ3) is 3.11. The predicted octanol–water partition coefficient (Wildman–Crippen LogP) is 5.47. The van der Waals surface area contributed by atoms with Gasteiger partial charge in [-0.3, -0.25) is 9.69 Å². The van der Waals surface area contributed by atoms with Crippen molar-refractivity contribution in [2.45, 2.75) is 26.9 Å². The molecule has 0 spiro atoms. The molecular weight excluding hydrogens is 348 g/mol. The van der Waals surface area contributed by atoms with E-state index in [2.05, 4.69) is 31.3 Å². The lowest BCUT2D eigenvalue weighted by Gasteiger charge is -2.28. The molecule has 1 aliphatic rings. The van der Waals surface area contributed by atoms with Gasteiger partial charge < -0.3 is 10.1 Å². The quantitative estimate of drug-likeness (QED) is 0.645. The van der Waals surface area contributed by atoms with E-state index in [0.717, 1.165) is 28.3 Å². The zero-order chi connectivity index (χ0) is 19.7. The Labute approximate surface area is 165 Å². The highest BCUT2D eigenvalue weighted by Crippen LogP contribution is 2.39. The Morgan fingerprint density at radius 2 is 1.71 bits per heavy atom. The maximum Gasteiger partial charge on any atom is 0.260 e. The van der Waals surface area contributed by atoms with E-state index in [9.17, 15) is 4.79 Å². The molecule has 28 heavy (non-hydrogen) atoms. The second-order valence-electron chi connectivity index (χ2n) is 6.98. The summed E-state index contributed by atoms with van der Waals surface area (Å²) in [5.41, 5.74) is 6.00. The number of hydrogen-bond donors (Lipinski definition) is 1. The highest BCUT2D eigenvalue weighted by molar-refractivity contribution is 6.11. The molecule has 4 nitrogen and oxygen atoms in total. The van der Waals surface area contributed by atoms with Gasteiger partial charge in [-0.2, -0.15) is 0 Å². The average molecular weight is 372 g/mol. The van der Waals surface area contributed by atoms with Crippen LogP contribution in [0.4, 0.5) is 11.4 Å². The number of amides is 1. The van der Waals surface area contributed by atoms with Gasteiger partial charge in [-0.05, 0) is 68.3 Å². The highest BCUT2D eigenvalue weighted by Gasteiger charge is 2.37. The number of anilines is 2. The summed E-state index contributed by atoms with van der Waals surface area (Å²) in [5.74, 6) is 0.803. The third-order valence-corrected chi connectivity index (χ3v) is 5.29. The molecule has 0 radical (unpaired) electrons. The Kier molecular flexibility index (Phi) is 4.78. The first-order chi connectivity index (χ1) is 13.6. The first-order valence-electron chi connectivity index (χ1n) is 9.58. The number of ether oxygens (including phenoxy) is 1. The van der Waals surface area contributed by atoms with E-state index < -0.39 is 0 Å². The monoisotopic (exact) mass is 372 g/mol. The Bertz CT molecular complexity index is 1010. The number of benzene rings is 3. The van der Waals surface area contributed by atoms with E-state index in [0.29, 0.717) is 6.61 Å². The van der Waals surface area contributed by atoms with Crippen molar-refractivity contribution in [2.75, 3.05) is 16.8 Å². The molecule has 0 unspecified atom stereocenters. The van der Waals surface area contributed by atoms with Gasteiger partial charge >= 0.3 is 0 Å². The van der Waals surface area contributed by atoms with Crippen LogP contribution in [-0.4, -0.2) is 12.5 Å². The molecule has 0 aromatic heterocycles. The fraction of sp³-hybridized carbons (Fsp3) is 0.208. The van der Waals surface area contributed by atoms with Crippen molar-refractivity contribution in [1.29, 1.82) is 0 Å². The lowest BCUT2D eigenvalue weighted by atomic mass is 10.1. The molecule has 1 heterocycles. The Morgan fingerprint density at radius 1 is 0.964 bits per heavy atom. The number of nitrogens with zero attached hydrogens (tertiary/aromatic N) is 1. The van der Waals surface area contributed by atoms with E-state index in [1.165, 1.54) is 11.1 Å². The van der Waals surface area contributed by atoms with Crippen molar-refractivity contribution >= 4 is 17.3 Å². The molecular formula is C24H24N2O2. The smallest absolute Gasteiger partial charge is 0.260 e. The van der Waals surface area contributed by atoms with Crippen LogP contribution in [0.25, 0.3) is 0 Å². The van der Waals surface area contributed by atoms with Crippen LogP contribution in [0.5, 0.6) is 5.75 Å². The van der Waals surface area contributed by atoms with Crippen molar-refractivity contribution in [1.82, 2.24) is 0 Å². The Hall–Kier alpha value is -3.27. The van der Waals surface area contributed by atoms with Crippen molar-refractivity contribution in [3.8, 4) is 5.75 Å². The third-order valence-electron chi connectivity index (χ3n) is 5.29. The minimum Gasteiger partial charge on any atom is -0.494 e. The number of hydrogen-bond acceptors (Lipinski definition) is 3. The predicted molar refractivity (Wildman–Crippen MR) is 113 cm³/mol. The van der Waals surface area contributed by atoms with Gasteiger partial charge in [0.05, 0.1) is 6.61 Å². The lowest BCUT2D eigenvalue weighted by Crippen LogP contribution is -2.32. The minimum absolute atomic E-state index is 0.00238. The van der Waals surface area contributed by atoms with Gasteiger partial charge in [-0.25, -0.2) is 0 Å². The summed E-state index contributed by atoms with van der Waals surface area (Å²) in [6, 6.07) is 21.7. The highest BCUT2D eigenvalue weighted by atomic mass is 16.5. The molecule has 3 aromatic carbocycles. The number of carbonyl (C=O) groups excluding carboxylic acids is 1. The van der Waals surface area contributed by atoms with Crippen LogP contribution >= 0.6 is 0 Å². The van der Waals surface area contributed by atoms with Crippen LogP contribution in [0.2, 0.25) is 0 Å². The summed E-state index contributed by atoms with van der Waals surface area (Å²) < 4.78 is 5.54. The maximum absolute atomic E-state index is 13.2. The molecule has 0 saturated carbocycles. The minimum atomic E-state index is -0.262. The van der Waals surface area contributed by atoms with E-state index in [4.69, 9.17) is 4.74 Å². The SMILES string of the molecule is CCOc1ccc(N2C(=O)c3ccccc3[C@@H]2Nc2cccc(C)c2C)cc1. The summed E-state index contributed by atoms with van der Waals surface area (Å²) in [5, 5.41) is 3.60. The van der Waals surface area contributed by atoms with Gasteiger partial charge in [0, 0.05) is 22.5 Å². The fourth-order valence-electron chi connectivity index (χ4n) is 3.65. The van der Waals surface area contributed by atoms with Crippen LogP contribution in [0.15, 0.2) is 66.7 Å². The molecule has 0 fully saturated rings. The number of carbonyl (C=O) groups is 1. The average Bonchev–Trinajstić information content (AvgIpc) is 2.99. The first-order valence-corrected chi connectivity index (χ1v) is 9.58. The molecule has 4 heteroatoms. The first kappa shape index (κ1) is 18.1. The van der Waals surface area contributed by atoms with Crippen LogP contribution < -0.4 is 15.0 Å². The number of aryl methyl sites for hydroxylation is 1. The molecule has 1 N–H and O–H groups in total. The van der Waals surface area contributed by atoms with Crippen LogP contribution in [0.3, 0.4) is 0 Å². The van der Waals surface area contributed by atoms with Crippen LogP contribution in [-0.2, 0) is 0 Å². The zero-order valence-electron chi connectivity index (χ0n) is 16.4. The molecule has 1 atom stereocenters. The van der Waals surface area contributed by atoms with Gasteiger partial charge in [0.2, 0.25) is 0 Å². The Balaban J connectivity index is 1.75. The maximum atomic E-state index is 13.2.